The Bertz CT molecular complexity index is 500. The Balaban J connectivity index is 1.61. The van der Waals surface area contributed by atoms with Gasteiger partial charge in [0.2, 0.25) is 0 Å². The molecule has 1 N–H and O–H groups in total. The first kappa shape index (κ1) is 16.1. The fourth-order valence-electron chi connectivity index (χ4n) is 7.90. The lowest BCUT2D eigenvalue weighted by Gasteiger charge is -2.60. The standard InChI is InChI=1S/C21H34O2/c1-13(22)17-6-7-18-16-5-4-14-12-15(23)8-10-20(14,2)19(16)9-11-21(17,18)3/h14-19,23H,4-12H2,1-3H3/t14-,15-,16+,17-,18+,19+,20-,21+/m1/s1. The third-order valence-electron chi connectivity index (χ3n) is 9.13. The number of carbonyl (C=O) groups is 1. The molecule has 23 heavy (non-hydrogen) atoms. The predicted octanol–water partition coefficient (Wildman–Crippen LogP) is 4.60. The van der Waals surface area contributed by atoms with E-state index >= 15 is 0 Å². The summed E-state index contributed by atoms with van der Waals surface area (Å²) in [5, 5.41) is 10.1. The van der Waals surface area contributed by atoms with Crippen molar-refractivity contribution in [2.75, 3.05) is 0 Å². The zero-order chi connectivity index (χ0) is 16.4. The van der Waals surface area contributed by atoms with E-state index in [1.165, 1.54) is 38.5 Å². The summed E-state index contributed by atoms with van der Waals surface area (Å²) in [6.07, 6.45) is 10.9. The van der Waals surface area contributed by atoms with Crippen molar-refractivity contribution in [3.63, 3.8) is 0 Å². The fraction of sp³-hybridized carbons (Fsp3) is 0.952. The van der Waals surface area contributed by atoms with Crippen LogP contribution in [0.15, 0.2) is 0 Å². The van der Waals surface area contributed by atoms with Crippen molar-refractivity contribution in [1.82, 2.24) is 0 Å². The van der Waals surface area contributed by atoms with Crippen LogP contribution in [0, 0.1) is 40.4 Å². The molecule has 0 bridgehead atoms. The van der Waals surface area contributed by atoms with Gasteiger partial charge in [-0.15, -0.1) is 0 Å². The number of Topliss-reactive ketones (excluding diaryl/α,β-unsaturated/α-hetero) is 1. The molecule has 4 fully saturated rings. The van der Waals surface area contributed by atoms with E-state index in [4.69, 9.17) is 0 Å². The maximum atomic E-state index is 12.2. The quantitative estimate of drug-likeness (QED) is 0.767. The van der Waals surface area contributed by atoms with Crippen LogP contribution in [-0.4, -0.2) is 17.0 Å². The summed E-state index contributed by atoms with van der Waals surface area (Å²) < 4.78 is 0. The molecule has 0 aromatic carbocycles. The minimum Gasteiger partial charge on any atom is -0.393 e. The van der Waals surface area contributed by atoms with Gasteiger partial charge in [0.15, 0.2) is 0 Å². The summed E-state index contributed by atoms with van der Waals surface area (Å²) in [6, 6.07) is 0. The van der Waals surface area contributed by atoms with Gasteiger partial charge in [-0.2, -0.15) is 0 Å². The fourth-order valence-corrected chi connectivity index (χ4v) is 7.90. The molecular formula is C21H34O2. The first-order valence-electron chi connectivity index (χ1n) is 10.0. The second-order valence-corrected chi connectivity index (χ2v) is 9.87. The molecule has 2 nitrogen and oxygen atoms in total. The van der Waals surface area contributed by atoms with Crippen LogP contribution in [0.3, 0.4) is 0 Å². The lowest BCUT2D eigenvalue weighted by Crippen LogP contribution is -2.54. The monoisotopic (exact) mass is 318 g/mol. The maximum absolute atomic E-state index is 12.2. The number of rotatable bonds is 1. The molecule has 0 saturated heterocycles. The molecule has 0 unspecified atom stereocenters. The van der Waals surface area contributed by atoms with Gasteiger partial charge in [0.25, 0.3) is 0 Å². The van der Waals surface area contributed by atoms with E-state index in [0.29, 0.717) is 17.1 Å². The van der Waals surface area contributed by atoms with Crippen LogP contribution in [0.2, 0.25) is 0 Å². The molecule has 8 atom stereocenters. The average molecular weight is 319 g/mol. The van der Waals surface area contributed by atoms with Crippen molar-refractivity contribution in [3.8, 4) is 0 Å². The Kier molecular flexibility index (Phi) is 3.72. The van der Waals surface area contributed by atoms with Gasteiger partial charge < -0.3 is 5.11 Å². The van der Waals surface area contributed by atoms with Crippen LogP contribution in [-0.2, 0) is 4.79 Å². The first-order chi connectivity index (χ1) is 10.9. The average Bonchev–Trinajstić information content (AvgIpc) is 2.85. The third kappa shape index (κ3) is 2.19. The van der Waals surface area contributed by atoms with Gasteiger partial charge in [-0.3, -0.25) is 4.79 Å². The topological polar surface area (TPSA) is 37.3 Å². The Labute approximate surface area is 141 Å². The minimum atomic E-state index is -0.0490. The molecule has 0 amide bonds. The molecule has 4 aliphatic rings. The Morgan fingerprint density at radius 3 is 2.35 bits per heavy atom. The highest BCUT2D eigenvalue weighted by Crippen LogP contribution is 2.67. The van der Waals surface area contributed by atoms with Crippen LogP contribution in [0.1, 0.15) is 78.6 Å². The molecule has 4 aliphatic carbocycles. The van der Waals surface area contributed by atoms with E-state index in [1.807, 2.05) is 6.92 Å². The molecule has 0 spiro atoms. The SMILES string of the molecule is CC(=O)[C@H]1CC[C@H]2[C@@H]3CC[C@@H]4C[C@H](O)CC[C@@]4(C)[C@H]3CC[C@@]12C. The van der Waals surface area contributed by atoms with Crippen molar-refractivity contribution in [1.29, 1.82) is 0 Å². The molecule has 0 aromatic heterocycles. The van der Waals surface area contributed by atoms with E-state index in [2.05, 4.69) is 13.8 Å². The highest BCUT2D eigenvalue weighted by atomic mass is 16.3. The predicted molar refractivity (Wildman–Crippen MR) is 91.9 cm³/mol. The van der Waals surface area contributed by atoms with Crippen molar-refractivity contribution in [2.24, 2.45) is 40.4 Å². The summed E-state index contributed by atoms with van der Waals surface area (Å²) >= 11 is 0. The molecule has 130 valence electrons. The second-order valence-electron chi connectivity index (χ2n) is 9.87. The number of fused-ring (bicyclic) bond motifs is 5. The molecular weight excluding hydrogens is 284 g/mol. The van der Waals surface area contributed by atoms with E-state index in [0.717, 1.165) is 42.9 Å². The van der Waals surface area contributed by atoms with Gasteiger partial charge in [-0.25, -0.2) is 0 Å². The van der Waals surface area contributed by atoms with Crippen LogP contribution < -0.4 is 0 Å². The lowest BCUT2D eigenvalue weighted by molar-refractivity contribution is -0.138. The van der Waals surface area contributed by atoms with Gasteiger partial charge in [-0.1, -0.05) is 13.8 Å². The molecule has 0 aliphatic heterocycles. The number of ketones is 1. The Morgan fingerprint density at radius 2 is 1.61 bits per heavy atom. The van der Waals surface area contributed by atoms with Gasteiger partial charge in [-0.05, 0) is 99.2 Å². The van der Waals surface area contributed by atoms with Gasteiger partial charge in [0.05, 0.1) is 6.10 Å². The number of aliphatic hydroxyl groups is 1. The van der Waals surface area contributed by atoms with Gasteiger partial charge >= 0.3 is 0 Å². The largest absolute Gasteiger partial charge is 0.393 e. The normalized spacial score (nSPS) is 55.7. The van der Waals surface area contributed by atoms with Crippen LogP contribution in [0.5, 0.6) is 0 Å². The zero-order valence-corrected chi connectivity index (χ0v) is 15.2. The second kappa shape index (κ2) is 5.31. The minimum absolute atomic E-state index is 0.0490. The number of aliphatic hydroxyl groups excluding tert-OH is 1. The van der Waals surface area contributed by atoms with E-state index in [-0.39, 0.29) is 11.5 Å². The molecule has 0 heterocycles. The smallest absolute Gasteiger partial charge is 0.133 e. The van der Waals surface area contributed by atoms with Crippen molar-refractivity contribution < 1.29 is 9.90 Å². The maximum Gasteiger partial charge on any atom is 0.133 e. The zero-order valence-electron chi connectivity index (χ0n) is 15.2. The van der Waals surface area contributed by atoms with E-state index < -0.39 is 0 Å². The molecule has 4 rings (SSSR count). The van der Waals surface area contributed by atoms with Crippen LogP contribution in [0.4, 0.5) is 0 Å². The lowest BCUT2D eigenvalue weighted by atomic mass is 9.44. The van der Waals surface area contributed by atoms with E-state index in [9.17, 15) is 9.90 Å². The number of hydrogen-bond acceptors (Lipinski definition) is 2. The van der Waals surface area contributed by atoms with E-state index in [1.54, 1.807) is 0 Å². The summed E-state index contributed by atoms with van der Waals surface area (Å²) in [5.41, 5.74) is 0.738. The van der Waals surface area contributed by atoms with Crippen molar-refractivity contribution in [2.45, 2.75) is 84.7 Å². The van der Waals surface area contributed by atoms with Crippen molar-refractivity contribution in [3.05, 3.63) is 0 Å². The van der Waals surface area contributed by atoms with Crippen LogP contribution in [0.25, 0.3) is 0 Å². The van der Waals surface area contributed by atoms with Crippen LogP contribution >= 0.6 is 0 Å². The Morgan fingerprint density at radius 1 is 0.913 bits per heavy atom. The van der Waals surface area contributed by atoms with Crippen molar-refractivity contribution >= 4 is 5.78 Å². The Hall–Kier alpha value is -0.370. The molecule has 0 aromatic rings. The highest BCUT2D eigenvalue weighted by molar-refractivity contribution is 5.79. The summed E-state index contributed by atoms with van der Waals surface area (Å²) in [5.74, 6) is 3.97. The molecule has 4 saturated carbocycles. The highest BCUT2D eigenvalue weighted by Gasteiger charge is 2.60. The molecule has 0 radical (unpaired) electrons. The summed E-state index contributed by atoms with van der Waals surface area (Å²) in [4.78, 5) is 12.2. The van der Waals surface area contributed by atoms with Gasteiger partial charge in [0, 0.05) is 5.92 Å². The number of carbonyl (C=O) groups excluding carboxylic acids is 1. The van der Waals surface area contributed by atoms with Gasteiger partial charge in [0.1, 0.15) is 5.78 Å². The molecule has 2 heteroatoms. The first-order valence-corrected chi connectivity index (χ1v) is 10.0. The summed E-state index contributed by atoms with van der Waals surface area (Å²) in [7, 11) is 0. The summed E-state index contributed by atoms with van der Waals surface area (Å²) in [6.45, 7) is 6.80. The number of hydrogen-bond donors (Lipinski definition) is 1. The third-order valence-corrected chi connectivity index (χ3v) is 9.13.